The maximum absolute atomic E-state index is 11.6. The topological polar surface area (TPSA) is 61.4 Å². The molecule has 0 bridgehead atoms. The summed E-state index contributed by atoms with van der Waals surface area (Å²) in [5.41, 5.74) is 0. The number of nitrogens with zero attached hydrogens (tertiary/aromatic N) is 1. The number of hydrogen-bond donors (Lipinski definition) is 2. The molecule has 1 atom stereocenters. The summed E-state index contributed by atoms with van der Waals surface area (Å²) in [6.07, 6.45) is 0. The van der Waals surface area contributed by atoms with Gasteiger partial charge in [-0.15, -0.1) is 0 Å². The molecule has 0 aliphatic rings. The second-order valence-electron chi connectivity index (χ2n) is 3.51. The Morgan fingerprint density at radius 2 is 1.93 bits per heavy atom. The van der Waals surface area contributed by atoms with Crippen LogP contribution in [0.2, 0.25) is 0 Å². The molecule has 0 aliphatic carbocycles. The number of nitrogens with one attached hydrogen (secondary N) is 2. The van der Waals surface area contributed by atoms with Crippen LogP contribution >= 0.6 is 0 Å². The lowest BCUT2D eigenvalue weighted by atomic mass is 10.3. The summed E-state index contributed by atoms with van der Waals surface area (Å²) in [4.78, 5) is 23.8. The van der Waals surface area contributed by atoms with Gasteiger partial charge in [0.1, 0.15) is 0 Å². The van der Waals surface area contributed by atoms with Crippen LogP contribution in [0.15, 0.2) is 0 Å². The van der Waals surface area contributed by atoms with Gasteiger partial charge in [-0.25, -0.2) is 0 Å². The standard InChI is InChI=1S/C10H21N3O2/c1-5-13(4)10(15)8(2)11-6-7-12-9(3)14/h8,11H,5-7H2,1-4H3,(H,12,14). The molecule has 0 heterocycles. The first-order chi connectivity index (χ1) is 6.99. The summed E-state index contributed by atoms with van der Waals surface area (Å²) >= 11 is 0. The monoisotopic (exact) mass is 215 g/mol. The zero-order valence-corrected chi connectivity index (χ0v) is 9.96. The highest BCUT2D eigenvalue weighted by atomic mass is 16.2. The zero-order chi connectivity index (χ0) is 11.8. The quantitative estimate of drug-likeness (QED) is 0.592. The maximum Gasteiger partial charge on any atom is 0.239 e. The summed E-state index contributed by atoms with van der Waals surface area (Å²) in [5, 5.41) is 5.70. The lowest BCUT2D eigenvalue weighted by Crippen LogP contribution is -2.45. The van der Waals surface area contributed by atoms with E-state index in [2.05, 4.69) is 10.6 Å². The molecule has 0 aromatic rings. The third-order valence-electron chi connectivity index (χ3n) is 2.17. The molecule has 0 spiro atoms. The van der Waals surface area contributed by atoms with Crippen LogP contribution in [0.4, 0.5) is 0 Å². The van der Waals surface area contributed by atoms with Crippen molar-refractivity contribution >= 4 is 11.8 Å². The normalized spacial score (nSPS) is 12.0. The van der Waals surface area contributed by atoms with E-state index >= 15 is 0 Å². The lowest BCUT2D eigenvalue weighted by Gasteiger charge is -2.20. The molecule has 0 fully saturated rings. The van der Waals surface area contributed by atoms with Crippen molar-refractivity contribution in [2.45, 2.75) is 26.8 Å². The number of amides is 2. The van der Waals surface area contributed by atoms with Crippen LogP contribution in [0.25, 0.3) is 0 Å². The van der Waals surface area contributed by atoms with Crippen LogP contribution in [0.1, 0.15) is 20.8 Å². The zero-order valence-electron chi connectivity index (χ0n) is 9.96. The molecule has 0 saturated heterocycles. The van der Waals surface area contributed by atoms with E-state index in [0.29, 0.717) is 19.6 Å². The smallest absolute Gasteiger partial charge is 0.239 e. The van der Waals surface area contributed by atoms with Crippen LogP contribution in [-0.2, 0) is 9.59 Å². The molecule has 88 valence electrons. The van der Waals surface area contributed by atoms with Crippen molar-refractivity contribution in [2.75, 3.05) is 26.7 Å². The van der Waals surface area contributed by atoms with Gasteiger partial charge in [0.15, 0.2) is 0 Å². The average molecular weight is 215 g/mol. The van der Waals surface area contributed by atoms with E-state index in [4.69, 9.17) is 0 Å². The number of carbonyl (C=O) groups excluding carboxylic acids is 2. The summed E-state index contributed by atoms with van der Waals surface area (Å²) in [5.74, 6) is 0.0155. The van der Waals surface area contributed by atoms with Crippen molar-refractivity contribution in [2.24, 2.45) is 0 Å². The van der Waals surface area contributed by atoms with E-state index in [0.717, 1.165) is 0 Å². The van der Waals surface area contributed by atoms with Gasteiger partial charge in [-0.1, -0.05) is 0 Å². The van der Waals surface area contributed by atoms with Crippen molar-refractivity contribution in [3.8, 4) is 0 Å². The molecule has 0 aromatic heterocycles. The Balaban J connectivity index is 3.69. The highest BCUT2D eigenvalue weighted by molar-refractivity contribution is 5.81. The van der Waals surface area contributed by atoms with Gasteiger partial charge in [-0.05, 0) is 13.8 Å². The predicted molar refractivity (Wildman–Crippen MR) is 59.5 cm³/mol. The van der Waals surface area contributed by atoms with Crippen molar-refractivity contribution < 1.29 is 9.59 Å². The molecule has 2 amide bonds. The Morgan fingerprint density at radius 3 is 2.40 bits per heavy atom. The van der Waals surface area contributed by atoms with Crippen LogP contribution in [0.5, 0.6) is 0 Å². The van der Waals surface area contributed by atoms with Gasteiger partial charge >= 0.3 is 0 Å². The van der Waals surface area contributed by atoms with Crippen LogP contribution in [-0.4, -0.2) is 49.4 Å². The van der Waals surface area contributed by atoms with Gasteiger partial charge in [-0.2, -0.15) is 0 Å². The highest BCUT2D eigenvalue weighted by Gasteiger charge is 2.14. The van der Waals surface area contributed by atoms with Crippen molar-refractivity contribution in [3.63, 3.8) is 0 Å². The molecule has 0 rings (SSSR count). The van der Waals surface area contributed by atoms with Gasteiger partial charge in [0.05, 0.1) is 6.04 Å². The Kier molecular flexibility index (Phi) is 6.70. The van der Waals surface area contributed by atoms with Gasteiger partial charge in [0.25, 0.3) is 0 Å². The molecule has 0 aromatic carbocycles. The number of likely N-dealkylation sites (N-methyl/N-ethyl adjacent to an activating group) is 1. The molecule has 5 heteroatoms. The van der Waals surface area contributed by atoms with Crippen molar-refractivity contribution in [1.82, 2.24) is 15.5 Å². The largest absolute Gasteiger partial charge is 0.355 e. The van der Waals surface area contributed by atoms with Gasteiger partial charge < -0.3 is 15.5 Å². The minimum atomic E-state index is -0.205. The molecule has 0 aliphatic heterocycles. The molecular formula is C10H21N3O2. The summed E-state index contributed by atoms with van der Waals surface area (Å²) < 4.78 is 0. The number of rotatable bonds is 6. The summed E-state index contributed by atoms with van der Waals surface area (Å²) in [6.45, 7) is 7.08. The van der Waals surface area contributed by atoms with Gasteiger partial charge in [0.2, 0.25) is 11.8 Å². The minimum Gasteiger partial charge on any atom is -0.355 e. The van der Waals surface area contributed by atoms with E-state index in [9.17, 15) is 9.59 Å². The lowest BCUT2D eigenvalue weighted by molar-refractivity contribution is -0.131. The SMILES string of the molecule is CCN(C)C(=O)C(C)NCCNC(C)=O. The first-order valence-electron chi connectivity index (χ1n) is 5.21. The molecule has 0 saturated carbocycles. The molecular weight excluding hydrogens is 194 g/mol. The Morgan fingerprint density at radius 1 is 1.33 bits per heavy atom. The Bertz CT molecular complexity index is 219. The fourth-order valence-electron chi connectivity index (χ4n) is 1.10. The summed E-state index contributed by atoms with van der Waals surface area (Å²) in [7, 11) is 1.77. The van der Waals surface area contributed by atoms with E-state index in [1.54, 1.807) is 11.9 Å². The third kappa shape index (κ3) is 6.06. The molecule has 15 heavy (non-hydrogen) atoms. The second-order valence-corrected chi connectivity index (χ2v) is 3.51. The molecule has 2 N–H and O–H groups in total. The highest BCUT2D eigenvalue weighted by Crippen LogP contribution is 1.90. The fourth-order valence-corrected chi connectivity index (χ4v) is 1.10. The molecule has 5 nitrogen and oxygen atoms in total. The predicted octanol–water partition coefficient (Wildman–Crippen LogP) is -0.421. The Hall–Kier alpha value is -1.10. The fraction of sp³-hybridized carbons (Fsp3) is 0.800. The second kappa shape index (κ2) is 7.23. The van der Waals surface area contributed by atoms with Crippen molar-refractivity contribution in [1.29, 1.82) is 0 Å². The molecule has 0 radical (unpaired) electrons. The number of carbonyl (C=O) groups is 2. The minimum absolute atomic E-state index is 0.0542. The van der Waals surface area contributed by atoms with E-state index in [1.165, 1.54) is 6.92 Å². The first-order valence-corrected chi connectivity index (χ1v) is 5.21. The van der Waals surface area contributed by atoms with E-state index in [1.807, 2.05) is 13.8 Å². The number of hydrogen-bond acceptors (Lipinski definition) is 3. The van der Waals surface area contributed by atoms with Crippen molar-refractivity contribution in [3.05, 3.63) is 0 Å². The van der Waals surface area contributed by atoms with Crippen LogP contribution < -0.4 is 10.6 Å². The van der Waals surface area contributed by atoms with Crippen LogP contribution in [0.3, 0.4) is 0 Å². The van der Waals surface area contributed by atoms with Gasteiger partial charge in [0, 0.05) is 33.6 Å². The maximum atomic E-state index is 11.6. The average Bonchev–Trinajstić information content (AvgIpc) is 2.21. The first kappa shape index (κ1) is 13.9. The molecule has 1 unspecified atom stereocenters. The van der Waals surface area contributed by atoms with E-state index in [-0.39, 0.29) is 17.9 Å². The van der Waals surface area contributed by atoms with Gasteiger partial charge in [-0.3, -0.25) is 9.59 Å². The van der Waals surface area contributed by atoms with E-state index < -0.39 is 0 Å². The summed E-state index contributed by atoms with van der Waals surface area (Å²) in [6, 6.07) is -0.205. The third-order valence-corrected chi connectivity index (χ3v) is 2.17. The Labute approximate surface area is 91.2 Å². The van der Waals surface area contributed by atoms with Crippen LogP contribution in [0, 0.1) is 0 Å².